The number of halogens is 3. The van der Waals surface area contributed by atoms with E-state index in [1.807, 2.05) is 13.8 Å². The number of nitrogens with two attached hydrogens (primary N) is 1. The highest BCUT2D eigenvalue weighted by atomic mass is 19.4. The Morgan fingerprint density at radius 2 is 1.87 bits per heavy atom. The van der Waals surface area contributed by atoms with Crippen LogP contribution in [0, 0.1) is 5.41 Å². The third-order valence-electron chi connectivity index (χ3n) is 3.45. The molecular weight excluding hydrogens is 309 g/mol. The van der Waals surface area contributed by atoms with Gasteiger partial charge in [-0.2, -0.15) is 0 Å². The van der Waals surface area contributed by atoms with Gasteiger partial charge in [-0.3, -0.25) is 4.79 Å². The number of benzene rings is 1. The van der Waals surface area contributed by atoms with Crippen molar-refractivity contribution in [2.24, 2.45) is 11.1 Å². The first-order valence-corrected chi connectivity index (χ1v) is 7.32. The zero-order chi connectivity index (χ0) is 17.7. The number of carbonyl (C=O) groups excluding carboxylic acids is 1. The normalized spacial score (nSPS) is 12.1. The van der Waals surface area contributed by atoms with Crippen molar-refractivity contribution >= 4 is 5.91 Å². The summed E-state index contributed by atoms with van der Waals surface area (Å²) in [5.41, 5.74) is 5.78. The molecule has 7 heteroatoms. The molecule has 1 aromatic carbocycles. The largest absolute Gasteiger partial charge is 0.573 e. The summed E-state index contributed by atoms with van der Waals surface area (Å²) in [4.78, 5) is 13.7. The fourth-order valence-electron chi connectivity index (χ4n) is 2.16. The number of amides is 1. The van der Waals surface area contributed by atoms with Gasteiger partial charge in [-0.15, -0.1) is 13.2 Å². The molecule has 0 saturated heterocycles. The molecule has 2 N–H and O–H groups in total. The number of carbonyl (C=O) groups is 1. The highest BCUT2D eigenvalue weighted by Crippen LogP contribution is 2.27. The number of aryl methyl sites for hydroxylation is 1. The molecule has 0 heterocycles. The Morgan fingerprint density at radius 3 is 2.43 bits per heavy atom. The topological polar surface area (TPSA) is 55.6 Å². The van der Waals surface area contributed by atoms with E-state index in [9.17, 15) is 18.0 Å². The van der Waals surface area contributed by atoms with Crippen LogP contribution in [-0.2, 0) is 11.2 Å². The lowest BCUT2D eigenvalue weighted by molar-refractivity contribution is -0.274. The Kier molecular flexibility index (Phi) is 6.44. The number of hydrogen-bond acceptors (Lipinski definition) is 3. The summed E-state index contributed by atoms with van der Waals surface area (Å²) in [5.74, 6) is -0.411. The average Bonchev–Trinajstić information content (AvgIpc) is 2.44. The predicted octanol–water partition coefficient (Wildman–Crippen LogP) is 2.96. The third-order valence-corrected chi connectivity index (χ3v) is 3.45. The first kappa shape index (κ1) is 19.3. The van der Waals surface area contributed by atoms with Crippen molar-refractivity contribution in [1.82, 2.24) is 4.90 Å². The number of alkyl halides is 3. The summed E-state index contributed by atoms with van der Waals surface area (Å²) in [6.45, 7) is 4.82. The molecule has 0 unspecified atom stereocenters. The van der Waals surface area contributed by atoms with Gasteiger partial charge in [0.25, 0.3) is 0 Å². The molecule has 0 fully saturated rings. The van der Waals surface area contributed by atoms with Crippen LogP contribution in [0.15, 0.2) is 24.3 Å². The second kappa shape index (κ2) is 7.68. The van der Waals surface area contributed by atoms with Gasteiger partial charge in [-0.05, 0) is 30.0 Å². The van der Waals surface area contributed by atoms with Crippen LogP contribution in [0.5, 0.6) is 5.75 Å². The first-order chi connectivity index (χ1) is 10.5. The molecule has 4 nitrogen and oxygen atoms in total. The summed E-state index contributed by atoms with van der Waals surface area (Å²) in [6.07, 6.45) is -4.46. The number of nitrogens with zero attached hydrogens (tertiary/aromatic N) is 1. The van der Waals surface area contributed by atoms with E-state index in [-0.39, 0.29) is 29.9 Å². The minimum Gasteiger partial charge on any atom is -0.406 e. The molecule has 23 heavy (non-hydrogen) atoms. The zero-order valence-corrected chi connectivity index (χ0v) is 13.6. The van der Waals surface area contributed by atoms with Crippen LogP contribution < -0.4 is 10.5 Å². The predicted molar refractivity (Wildman–Crippen MR) is 81.9 cm³/mol. The summed E-state index contributed by atoms with van der Waals surface area (Å²) in [7, 11) is 1.66. The number of rotatable bonds is 7. The van der Waals surface area contributed by atoms with Gasteiger partial charge in [-0.1, -0.05) is 32.0 Å². The van der Waals surface area contributed by atoms with Crippen LogP contribution in [0.3, 0.4) is 0 Å². The maximum absolute atomic E-state index is 12.4. The van der Waals surface area contributed by atoms with Gasteiger partial charge in [0, 0.05) is 20.0 Å². The Bertz CT molecular complexity index is 530. The van der Waals surface area contributed by atoms with E-state index in [0.717, 1.165) is 0 Å². The molecule has 130 valence electrons. The fourth-order valence-corrected chi connectivity index (χ4v) is 2.16. The van der Waals surface area contributed by atoms with E-state index < -0.39 is 6.36 Å². The van der Waals surface area contributed by atoms with Crippen LogP contribution in [0.1, 0.15) is 25.8 Å². The van der Waals surface area contributed by atoms with E-state index in [1.165, 1.54) is 18.2 Å². The summed E-state index contributed by atoms with van der Waals surface area (Å²) < 4.78 is 41.1. The van der Waals surface area contributed by atoms with Crippen molar-refractivity contribution in [3.8, 4) is 5.75 Å². The van der Waals surface area contributed by atoms with Crippen LogP contribution in [-0.4, -0.2) is 37.3 Å². The van der Waals surface area contributed by atoms with Gasteiger partial charge < -0.3 is 15.4 Å². The maximum Gasteiger partial charge on any atom is 0.573 e. The highest BCUT2D eigenvalue weighted by molar-refractivity contribution is 5.76. The molecule has 0 saturated carbocycles. The molecule has 0 spiro atoms. The molecule has 0 aromatic heterocycles. The van der Waals surface area contributed by atoms with Gasteiger partial charge in [0.05, 0.1) is 0 Å². The summed E-state index contributed by atoms with van der Waals surface area (Å²) >= 11 is 0. The van der Waals surface area contributed by atoms with Crippen molar-refractivity contribution < 1.29 is 22.7 Å². The SMILES string of the molecule is CN(CC(C)(C)CN)C(=O)CCc1ccccc1OC(F)(F)F. The molecule has 0 aliphatic heterocycles. The monoisotopic (exact) mass is 332 g/mol. The van der Waals surface area contributed by atoms with E-state index in [2.05, 4.69) is 4.74 Å². The zero-order valence-electron chi connectivity index (χ0n) is 13.6. The van der Waals surface area contributed by atoms with Crippen LogP contribution >= 0.6 is 0 Å². The first-order valence-electron chi connectivity index (χ1n) is 7.32. The van der Waals surface area contributed by atoms with Crippen molar-refractivity contribution in [3.05, 3.63) is 29.8 Å². The van der Waals surface area contributed by atoms with E-state index >= 15 is 0 Å². The van der Waals surface area contributed by atoms with E-state index in [0.29, 0.717) is 18.7 Å². The van der Waals surface area contributed by atoms with Crippen LogP contribution in [0.25, 0.3) is 0 Å². The van der Waals surface area contributed by atoms with Crippen LogP contribution in [0.4, 0.5) is 13.2 Å². The number of ether oxygens (including phenoxy) is 1. The summed E-state index contributed by atoms with van der Waals surface area (Å²) in [5, 5.41) is 0. The fraction of sp³-hybridized carbons (Fsp3) is 0.562. The second-order valence-electron chi connectivity index (χ2n) is 6.27. The standard InChI is InChI=1S/C16H23F3N2O2/c1-15(2,10-20)11-21(3)14(22)9-8-12-6-4-5-7-13(12)23-16(17,18)19/h4-7H,8-11,20H2,1-3H3. The van der Waals surface area contributed by atoms with Crippen molar-refractivity contribution in [1.29, 1.82) is 0 Å². The van der Waals surface area contributed by atoms with E-state index in [4.69, 9.17) is 5.73 Å². The number of hydrogen-bond donors (Lipinski definition) is 1. The minimum atomic E-state index is -4.75. The molecule has 1 rings (SSSR count). The number of para-hydroxylation sites is 1. The molecule has 1 aromatic rings. The maximum atomic E-state index is 12.4. The molecule has 0 aliphatic carbocycles. The second-order valence-corrected chi connectivity index (χ2v) is 6.27. The van der Waals surface area contributed by atoms with E-state index in [1.54, 1.807) is 18.0 Å². The Labute approximate surface area is 134 Å². The summed E-state index contributed by atoms with van der Waals surface area (Å²) in [6, 6.07) is 5.85. The third kappa shape index (κ3) is 6.90. The van der Waals surface area contributed by atoms with Gasteiger partial charge in [-0.25, -0.2) is 0 Å². The highest BCUT2D eigenvalue weighted by Gasteiger charge is 2.32. The molecule has 0 bridgehead atoms. The van der Waals surface area contributed by atoms with Gasteiger partial charge >= 0.3 is 6.36 Å². The molecule has 1 amide bonds. The van der Waals surface area contributed by atoms with Gasteiger partial charge in [0.15, 0.2) is 0 Å². The average molecular weight is 332 g/mol. The van der Waals surface area contributed by atoms with Crippen molar-refractivity contribution in [2.45, 2.75) is 33.1 Å². The Morgan fingerprint density at radius 1 is 1.26 bits per heavy atom. The molecule has 0 radical (unpaired) electrons. The smallest absolute Gasteiger partial charge is 0.406 e. The lowest BCUT2D eigenvalue weighted by Crippen LogP contribution is -2.39. The van der Waals surface area contributed by atoms with Crippen LogP contribution in [0.2, 0.25) is 0 Å². The lowest BCUT2D eigenvalue weighted by atomic mass is 9.93. The Hall–Kier alpha value is -1.76. The molecule has 0 atom stereocenters. The lowest BCUT2D eigenvalue weighted by Gasteiger charge is -2.29. The minimum absolute atomic E-state index is 0.107. The molecular formula is C16H23F3N2O2. The van der Waals surface area contributed by atoms with Gasteiger partial charge in [0.2, 0.25) is 5.91 Å². The van der Waals surface area contributed by atoms with Gasteiger partial charge in [0.1, 0.15) is 5.75 Å². The van der Waals surface area contributed by atoms with Crippen molar-refractivity contribution in [3.63, 3.8) is 0 Å². The van der Waals surface area contributed by atoms with Crippen molar-refractivity contribution in [2.75, 3.05) is 20.1 Å². The Balaban J connectivity index is 2.66. The molecule has 0 aliphatic rings. The quantitative estimate of drug-likeness (QED) is 0.835.